The summed E-state index contributed by atoms with van der Waals surface area (Å²) in [6.45, 7) is 0. The molecule has 2 unspecified atom stereocenters. The Morgan fingerprint density at radius 3 is 2.88 bits per heavy atom. The predicted octanol–water partition coefficient (Wildman–Crippen LogP) is -0.554. The Kier molecular flexibility index (Phi) is 6.08. The number of nitrogens with two attached hydrogens (primary N) is 1. The molecule has 2 aliphatic heterocycles. The number of hydrogen-bond acceptors (Lipinski definition) is 10. The second kappa shape index (κ2) is 8.80. The molecule has 0 spiro atoms. The van der Waals surface area contributed by atoms with Crippen LogP contribution in [0.2, 0.25) is 0 Å². The lowest BCUT2D eigenvalue weighted by molar-refractivity contribution is -0.150. The molecule has 4 rings (SSSR count). The van der Waals surface area contributed by atoms with Crippen molar-refractivity contribution in [2.75, 3.05) is 11.5 Å². The largest absolute Gasteiger partial charge is 0.508 e. The molecule has 32 heavy (non-hydrogen) atoms. The van der Waals surface area contributed by atoms with Crippen molar-refractivity contribution in [2.24, 2.45) is 12.8 Å². The molecule has 2 aliphatic rings. The highest BCUT2D eigenvalue weighted by Gasteiger charge is 2.54. The van der Waals surface area contributed by atoms with E-state index in [0.717, 1.165) is 0 Å². The topological polar surface area (TPSA) is 177 Å². The van der Waals surface area contributed by atoms with E-state index in [4.69, 9.17) is 5.73 Å². The van der Waals surface area contributed by atoms with Crippen LogP contribution in [0.4, 0.5) is 0 Å². The van der Waals surface area contributed by atoms with Gasteiger partial charge in [-0.2, -0.15) is 0 Å². The van der Waals surface area contributed by atoms with Crippen LogP contribution in [0.5, 0.6) is 5.75 Å². The first kappa shape index (κ1) is 22.1. The molecule has 1 fully saturated rings. The van der Waals surface area contributed by atoms with E-state index in [1.807, 2.05) is 0 Å². The number of fused-ring (bicyclic) bond motifs is 1. The number of thioether (sulfide) groups is 2. The summed E-state index contributed by atoms with van der Waals surface area (Å²) < 4.78 is 1.47. The van der Waals surface area contributed by atoms with Gasteiger partial charge < -0.3 is 21.3 Å². The first-order chi connectivity index (χ1) is 15.3. The number of tetrazole rings is 1. The summed E-state index contributed by atoms with van der Waals surface area (Å²) in [6.07, 6.45) is 0. The van der Waals surface area contributed by atoms with Crippen molar-refractivity contribution in [2.45, 2.75) is 22.6 Å². The molecule has 1 saturated heterocycles. The van der Waals surface area contributed by atoms with Gasteiger partial charge in [-0.15, -0.1) is 16.9 Å². The zero-order chi connectivity index (χ0) is 23.0. The van der Waals surface area contributed by atoms with Crippen molar-refractivity contribution in [3.63, 3.8) is 0 Å². The van der Waals surface area contributed by atoms with Gasteiger partial charge in [0.2, 0.25) is 11.1 Å². The van der Waals surface area contributed by atoms with Crippen molar-refractivity contribution in [1.82, 2.24) is 30.4 Å². The summed E-state index contributed by atoms with van der Waals surface area (Å²) in [7, 11) is 1.67. The van der Waals surface area contributed by atoms with Crippen LogP contribution in [0.15, 0.2) is 40.7 Å². The van der Waals surface area contributed by atoms with Gasteiger partial charge in [-0.3, -0.25) is 14.5 Å². The number of rotatable bonds is 7. The van der Waals surface area contributed by atoms with E-state index in [-0.39, 0.29) is 11.4 Å². The Bertz CT molecular complexity index is 1120. The van der Waals surface area contributed by atoms with E-state index in [1.165, 1.54) is 45.2 Å². The van der Waals surface area contributed by atoms with Crippen LogP contribution >= 0.6 is 23.5 Å². The van der Waals surface area contributed by atoms with E-state index in [9.17, 15) is 24.6 Å². The fourth-order valence-corrected chi connectivity index (χ4v) is 5.74. The third-order valence-electron chi connectivity index (χ3n) is 5.02. The van der Waals surface area contributed by atoms with Gasteiger partial charge in [-0.1, -0.05) is 23.9 Å². The zero-order valence-electron chi connectivity index (χ0n) is 16.7. The fraction of sp³-hybridized carbons (Fsp3) is 0.333. The van der Waals surface area contributed by atoms with Gasteiger partial charge in [-0.25, -0.2) is 9.48 Å². The minimum absolute atomic E-state index is 0.0294. The summed E-state index contributed by atoms with van der Waals surface area (Å²) in [5.74, 6) is -1.67. The zero-order valence-corrected chi connectivity index (χ0v) is 18.3. The normalized spacial score (nSPS) is 21.1. The van der Waals surface area contributed by atoms with E-state index in [0.29, 0.717) is 27.8 Å². The number of nitrogens with zero attached hydrogens (tertiary/aromatic N) is 5. The van der Waals surface area contributed by atoms with Crippen molar-refractivity contribution < 1.29 is 24.6 Å². The number of aromatic hydroxyl groups is 1. The molecule has 0 aliphatic carbocycles. The predicted molar refractivity (Wildman–Crippen MR) is 114 cm³/mol. The van der Waals surface area contributed by atoms with Crippen LogP contribution in [0.1, 0.15) is 11.6 Å². The van der Waals surface area contributed by atoms with Crippen molar-refractivity contribution in [1.29, 1.82) is 0 Å². The summed E-state index contributed by atoms with van der Waals surface area (Å²) in [5, 5.41) is 33.0. The number of carboxylic acids is 1. The molecule has 3 atom stereocenters. The van der Waals surface area contributed by atoms with Gasteiger partial charge in [-0.05, 0) is 33.7 Å². The number of β-lactam (4-membered cyclic amide) rings is 1. The van der Waals surface area contributed by atoms with Crippen molar-refractivity contribution in [3.8, 4) is 5.75 Å². The second-order valence-corrected chi connectivity index (χ2v) is 9.15. The van der Waals surface area contributed by atoms with Crippen LogP contribution in [0, 0.1) is 0 Å². The van der Waals surface area contributed by atoms with Gasteiger partial charge in [0.15, 0.2) is 0 Å². The van der Waals surface area contributed by atoms with Gasteiger partial charge >= 0.3 is 5.97 Å². The molecular formula is C18H19N7O5S2. The molecule has 3 heterocycles. The van der Waals surface area contributed by atoms with E-state index < -0.39 is 35.2 Å². The summed E-state index contributed by atoms with van der Waals surface area (Å²) >= 11 is 2.64. The van der Waals surface area contributed by atoms with Crippen LogP contribution in [0.25, 0.3) is 0 Å². The minimum atomic E-state index is -1.21. The van der Waals surface area contributed by atoms with Crippen molar-refractivity contribution >= 4 is 41.3 Å². The molecule has 1 aromatic heterocycles. The Hall–Kier alpha value is -3.10. The maximum absolute atomic E-state index is 12.8. The number of carboxylic acid groups (broad SMARTS) is 1. The van der Waals surface area contributed by atoms with Gasteiger partial charge in [0.1, 0.15) is 28.9 Å². The first-order valence-corrected chi connectivity index (χ1v) is 11.4. The van der Waals surface area contributed by atoms with E-state index in [1.54, 1.807) is 19.2 Å². The number of amides is 2. The number of carbonyl (C=O) groups excluding carboxylic acids is 2. The molecule has 2 amide bonds. The summed E-state index contributed by atoms with van der Waals surface area (Å²) in [6, 6.07) is 4.01. The summed E-state index contributed by atoms with van der Waals surface area (Å²) in [5.41, 5.74) is 6.85. The second-order valence-electron chi connectivity index (χ2n) is 7.10. The standard InChI is InChI=1S/C18H19N7O5S2/c1-24-18(21-22-23-24)32-7-9-6-31-16-12(15(28)25(16)13(9)17(29)30)20-14(27)11(19)8-3-2-4-10(26)5-8/h2-5,11-12,16,26H,6-7,19H2,1H3,(H,20,27)(H,29,30)/t11?,12?,16-/m1/s1. The molecule has 0 bridgehead atoms. The SMILES string of the molecule is Cn1nnnc1SCC1=C(C(=O)O)N2C(=O)C(NC(=O)C(N)c3cccc(O)c3)[C@H]2SC1. The minimum Gasteiger partial charge on any atom is -0.508 e. The van der Waals surface area contributed by atoms with E-state index >= 15 is 0 Å². The molecule has 0 saturated carbocycles. The number of nitrogens with one attached hydrogen (secondary N) is 1. The molecule has 2 aromatic rings. The van der Waals surface area contributed by atoms with Crippen LogP contribution in [-0.4, -0.2) is 76.0 Å². The summed E-state index contributed by atoms with van der Waals surface area (Å²) in [4.78, 5) is 38.5. The van der Waals surface area contributed by atoms with Crippen LogP contribution in [-0.2, 0) is 21.4 Å². The maximum Gasteiger partial charge on any atom is 0.352 e. The molecule has 0 radical (unpaired) electrons. The molecule has 5 N–H and O–H groups in total. The third-order valence-corrected chi connectivity index (χ3v) is 7.45. The number of aliphatic carboxylic acids is 1. The Morgan fingerprint density at radius 1 is 1.44 bits per heavy atom. The Morgan fingerprint density at radius 2 is 2.22 bits per heavy atom. The lowest BCUT2D eigenvalue weighted by Crippen LogP contribution is -2.71. The molecule has 12 nitrogen and oxygen atoms in total. The number of carbonyl (C=O) groups is 3. The Labute approximate surface area is 190 Å². The highest BCUT2D eigenvalue weighted by Crippen LogP contribution is 2.41. The number of benzene rings is 1. The van der Waals surface area contributed by atoms with Crippen molar-refractivity contribution in [3.05, 3.63) is 41.1 Å². The van der Waals surface area contributed by atoms with Gasteiger partial charge in [0.05, 0.1) is 0 Å². The lowest BCUT2D eigenvalue weighted by Gasteiger charge is -2.49. The first-order valence-electron chi connectivity index (χ1n) is 9.38. The quantitative estimate of drug-likeness (QED) is 0.297. The molecular weight excluding hydrogens is 458 g/mol. The third kappa shape index (κ3) is 4.03. The maximum atomic E-state index is 12.8. The van der Waals surface area contributed by atoms with Crippen LogP contribution in [0.3, 0.4) is 0 Å². The Balaban J connectivity index is 1.46. The number of aromatic nitrogens is 4. The average Bonchev–Trinajstić information content (AvgIpc) is 3.18. The molecule has 168 valence electrons. The average molecular weight is 478 g/mol. The molecule has 1 aromatic carbocycles. The van der Waals surface area contributed by atoms with Gasteiger partial charge in [0, 0.05) is 18.6 Å². The number of hydrogen-bond donors (Lipinski definition) is 4. The van der Waals surface area contributed by atoms with Gasteiger partial charge in [0.25, 0.3) is 5.91 Å². The monoisotopic (exact) mass is 477 g/mol. The fourth-order valence-electron chi connectivity index (χ4n) is 3.40. The lowest BCUT2D eigenvalue weighted by atomic mass is 10.0. The number of aryl methyl sites for hydroxylation is 1. The number of phenols is 1. The smallest absolute Gasteiger partial charge is 0.352 e. The molecule has 14 heteroatoms. The highest BCUT2D eigenvalue weighted by atomic mass is 32.2. The number of phenolic OH excluding ortho intramolecular Hbond substituents is 1. The van der Waals surface area contributed by atoms with E-state index in [2.05, 4.69) is 20.8 Å². The van der Waals surface area contributed by atoms with Crippen LogP contribution < -0.4 is 11.1 Å². The highest BCUT2D eigenvalue weighted by molar-refractivity contribution is 8.01.